The van der Waals surface area contributed by atoms with Crippen molar-refractivity contribution in [3.63, 3.8) is 0 Å². The fourth-order valence-corrected chi connectivity index (χ4v) is 5.67. The van der Waals surface area contributed by atoms with Crippen LogP contribution in [0.15, 0.2) is 6.33 Å². The molecule has 7 heteroatoms. The van der Waals surface area contributed by atoms with Crippen LogP contribution in [0.2, 0.25) is 5.15 Å². The zero-order valence-corrected chi connectivity index (χ0v) is 17.8. The molecule has 0 N–H and O–H groups in total. The van der Waals surface area contributed by atoms with Crippen LogP contribution in [0, 0.1) is 0 Å². The lowest BCUT2D eigenvalue weighted by atomic mass is 9.92. The van der Waals surface area contributed by atoms with Crippen molar-refractivity contribution in [2.24, 2.45) is 0 Å². The molecule has 1 aliphatic carbocycles. The van der Waals surface area contributed by atoms with E-state index in [1.54, 1.807) is 11.3 Å². The van der Waals surface area contributed by atoms with Gasteiger partial charge in [-0.25, -0.2) is 15.0 Å². The summed E-state index contributed by atoms with van der Waals surface area (Å²) in [7, 11) is 0. The SMILES string of the molecule is CC1(C)Cc2nc3sc4c(Cl)ncnc4c3c(COC3CCCCC3)c2CO1. The Balaban J connectivity index is 1.65. The Morgan fingerprint density at radius 2 is 2.07 bits per heavy atom. The summed E-state index contributed by atoms with van der Waals surface area (Å²) in [5.41, 5.74) is 4.12. The topological polar surface area (TPSA) is 57.1 Å². The number of thiophene rings is 1. The number of rotatable bonds is 3. The van der Waals surface area contributed by atoms with Gasteiger partial charge in [0, 0.05) is 17.4 Å². The van der Waals surface area contributed by atoms with Gasteiger partial charge in [0.25, 0.3) is 0 Å². The number of ether oxygens (including phenoxy) is 2. The third-order valence-electron chi connectivity index (χ3n) is 5.88. The molecule has 1 aliphatic heterocycles. The van der Waals surface area contributed by atoms with Crippen LogP contribution in [-0.2, 0) is 29.1 Å². The van der Waals surface area contributed by atoms with E-state index in [0.717, 1.165) is 51.0 Å². The zero-order chi connectivity index (χ0) is 19.3. The van der Waals surface area contributed by atoms with Crippen molar-refractivity contribution >= 4 is 43.4 Å². The maximum atomic E-state index is 6.39. The van der Waals surface area contributed by atoms with Crippen LogP contribution in [0.5, 0.6) is 0 Å². The number of halogens is 1. The van der Waals surface area contributed by atoms with E-state index >= 15 is 0 Å². The van der Waals surface area contributed by atoms with E-state index in [9.17, 15) is 0 Å². The quantitative estimate of drug-likeness (QED) is 0.519. The fraction of sp³-hybridized carbons (Fsp3) is 0.571. The molecule has 4 heterocycles. The Labute approximate surface area is 173 Å². The molecule has 1 saturated carbocycles. The first kappa shape index (κ1) is 18.7. The number of hydrogen-bond acceptors (Lipinski definition) is 6. The van der Waals surface area contributed by atoms with E-state index < -0.39 is 0 Å². The van der Waals surface area contributed by atoms with Crippen molar-refractivity contribution in [1.29, 1.82) is 0 Å². The molecule has 0 radical (unpaired) electrons. The Morgan fingerprint density at radius 3 is 2.89 bits per heavy atom. The minimum Gasteiger partial charge on any atom is -0.374 e. The van der Waals surface area contributed by atoms with Gasteiger partial charge in [-0.1, -0.05) is 30.9 Å². The van der Waals surface area contributed by atoms with Gasteiger partial charge in [-0.15, -0.1) is 11.3 Å². The van der Waals surface area contributed by atoms with Crippen LogP contribution < -0.4 is 0 Å². The fourth-order valence-electron chi connectivity index (χ4n) is 4.37. The minimum atomic E-state index is -0.205. The van der Waals surface area contributed by atoms with Crippen molar-refractivity contribution in [3.05, 3.63) is 28.3 Å². The van der Waals surface area contributed by atoms with Crippen molar-refractivity contribution in [2.75, 3.05) is 0 Å². The van der Waals surface area contributed by atoms with Crippen molar-refractivity contribution in [2.45, 2.75) is 77.3 Å². The molecule has 5 rings (SSSR count). The van der Waals surface area contributed by atoms with Gasteiger partial charge in [0.2, 0.25) is 0 Å². The molecule has 2 aliphatic rings. The highest BCUT2D eigenvalue weighted by Gasteiger charge is 2.31. The van der Waals surface area contributed by atoms with E-state index in [2.05, 4.69) is 23.8 Å². The maximum Gasteiger partial charge on any atom is 0.150 e. The van der Waals surface area contributed by atoms with Crippen LogP contribution >= 0.6 is 22.9 Å². The maximum absolute atomic E-state index is 6.39. The number of pyridine rings is 1. The molecule has 0 spiro atoms. The monoisotopic (exact) mass is 417 g/mol. The summed E-state index contributed by atoms with van der Waals surface area (Å²) < 4.78 is 13.4. The van der Waals surface area contributed by atoms with Gasteiger partial charge in [-0.2, -0.15) is 0 Å². The third-order valence-corrected chi connectivity index (χ3v) is 7.35. The second kappa shape index (κ2) is 7.17. The highest BCUT2D eigenvalue weighted by atomic mass is 35.5. The number of nitrogens with zero attached hydrogens (tertiary/aromatic N) is 3. The van der Waals surface area contributed by atoms with Gasteiger partial charge >= 0.3 is 0 Å². The van der Waals surface area contributed by atoms with Gasteiger partial charge in [0.05, 0.1) is 40.8 Å². The lowest BCUT2D eigenvalue weighted by Gasteiger charge is -2.32. The lowest BCUT2D eigenvalue weighted by molar-refractivity contribution is -0.0430. The van der Waals surface area contributed by atoms with Crippen LogP contribution in [0.3, 0.4) is 0 Å². The standard InChI is InChI=1S/C21H24ClN3O2S/c1-21(2)8-15-13(10-27-21)14(9-26-12-6-4-3-5-7-12)16-17-18(28-20(16)25-15)19(22)24-11-23-17/h11-12H,3-10H2,1-2H3. The molecule has 0 unspecified atom stereocenters. The first-order chi connectivity index (χ1) is 13.5. The highest BCUT2D eigenvalue weighted by molar-refractivity contribution is 7.26. The second-order valence-corrected chi connectivity index (χ2v) is 9.79. The summed E-state index contributed by atoms with van der Waals surface area (Å²) in [4.78, 5) is 14.7. The van der Waals surface area contributed by atoms with Gasteiger partial charge in [0.15, 0.2) is 0 Å². The number of hydrogen-bond donors (Lipinski definition) is 0. The van der Waals surface area contributed by atoms with E-state index in [1.807, 2.05) is 0 Å². The summed E-state index contributed by atoms with van der Waals surface area (Å²) in [6.45, 7) is 5.37. The summed E-state index contributed by atoms with van der Waals surface area (Å²) >= 11 is 7.93. The van der Waals surface area contributed by atoms with Gasteiger partial charge in [-0.3, -0.25) is 0 Å². The zero-order valence-electron chi connectivity index (χ0n) is 16.3. The normalized spacial score (nSPS) is 20.0. The summed E-state index contributed by atoms with van der Waals surface area (Å²) in [6, 6.07) is 0. The molecule has 148 valence electrons. The van der Waals surface area contributed by atoms with Gasteiger partial charge < -0.3 is 9.47 Å². The molecule has 0 atom stereocenters. The van der Waals surface area contributed by atoms with Crippen LogP contribution in [0.4, 0.5) is 0 Å². The smallest absolute Gasteiger partial charge is 0.150 e. The Bertz CT molecular complexity index is 1040. The summed E-state index contributed by atoms with van der Waals surface area (Å²) in [5, 5.41) is 1.55. The average molecular weight is 418 g/mol. The predicted molar refractivity (Wildman–Crippen MR) is 112 cm³/mol. The summed E-state index contributed by atoms with van der Waals surface area (Å²) in [5.74, 6) is 0. The van der Waals surface area contributed by atoms with Crippen molar-refractivity contribution in [3.8, 4) is 0 Å². The lowest BCUT2D eigenvalue weighted by Crippen LogP contribution is -2.33. The third kappa shape index (κ3) is 3.30. The van der Waals surface area contributed by atoms with Crippen LogP contribution in [0.25, 0.3) is 20.4 Å². The van der Waals surface area contributed by atoms with Crippen molar-refractivity contribution in [1.82, 2.24) is 15.0 Å². The Kier molecular flexibility index (Phi) is 4.78. The predicted octanol–water partition coefficient (Wildman–Crippen LogP) is 5.59. The molecular weight excluding hydrogens is 394 g/mol. The van der Waals surface area contributed by atoms with E-state index in [4.69, 9.17) is 26.1 Å². The first-order valence-corrected chi connectivity index (χ1v) is 11.2. The minimum absolute atomic E-state index is 0.205. The second-order valence-electron chi connectivity index (χ2n) is 8.44. The average Bonchev–Trinajstić information content (AvgIpc) is 3.05. The molecule has 5 nitrogen and oxygen atoms in total. The molecular formula is C21H24ClN3O2S. The first-order valence-electron chi connectivity index (χ1n) is 10.0. The van der Waals surface area contributed by atoms with Crippen LogP contribution in [0.1, 0.15) is 62.8 Å². The van der Waals surface area contributed by atoms with E-state index in [0.29, 0.717) is 24.5 Å². The molecule has 0 amide bonds. The molecule has 0 aromatic carbocycles. The molecule has 0 saturated heterocycles. The number of aromatic nitrogens is 3. The van der Waals surface area contributed by atoms with E-state index in [1.165, 1.54) is 31.2 Å². The van der Waals surface area contributed by atoms with Gasteiger partial charge in [-0.05, 0) is 32.3 Å². The van der Waals surface area contributed by atoms with Crippen molar-refractivity contribution < 1.29 is 9.47 Å². The molecule has 1 fully saturated rings. The molecule has 28 heavy (non-hydrogen) atoms. The Morgan fingerprint density at radius 1 is 1.25 bits per heavy atom. The van der Waals surface area contributed by atoms with Gasteiger partial charge in [0.1, 0.15) is 16.3 Å². The summed E-state index contributed by atoms with van der Waals surface area (Å²) in [6.07, 6.45) is 8.81. The molecule has 3 aromatic heterocycles. The Hall–Kier alpha value is -1.34. The highest BCUT2D eigenvalue weighted by Crippen LogP contribution is 2.41. The number of fused-ring (bicyclic) bond motifs is 4. The van der Waals surface area contributed by atoms with E-state index in [-0.39, 0.29) is 5.60 Å². The van der Waals surface area contributed by atoms with Crippen LogP contribution in [-0.4, -0.2) is 26.7 Å². The molecule has 0 bridgehead atoms. The molecule has 3 aromatic rings. The largest absolute Gasteiger partial charge is 0.374 e.